The van der Waals surface area contributed by atoms with Gasteiger partial charge in [-0.1, -0.05) is 18.2 Å². The fraction of sp³-hybridized carbons (Fsp3) is 0.353. The Hall–Kier alpha value is -2.41. The minimum atomic E-state index is -0.134. The van der Waals surface area contributed by atoms with Crippen LogP contribution in [-0.4, -0.2) is 29.1 Å². The van der Waals surface area contributed by atoms with E-state index in [1.807, 2.05) is 26.0 Å². The summed E-state index contributed by atoms with van der Waals surface area (Å²) >= 11 is 1.24. The van der Waals surface area contributed by atoms with Crippen molar-refractivity contribution in [1.82, 2.24) is 9.80 Å². The van der Waals surface area contributed by atoms with Crippen LogP contribution in [0.2, 0.25) is 0 Å². The lowest BCUT2D eigenvalue weighted by molar-refractivity contribution is -0.119. The van der Waals surface area contributed by atoms with Crippen molar-refractivity contribution >= 4 is 33.8 Å². The molecule has 1 amide bonds. The van der Waals surface area contributed by atoms with Crippen LogP contribution >= 0.6 is 11.5 Å². The van der Waals surface area contributed by atoms with E-state index in [1.54, 1.807) is 0 Å². The highest BCUT2D eigenvalue weighted by atomic mass is 32.1. The molecule has 6 nitrogen and oxygen atoms in total. The standard InChI is InChI=1S/C17H21N5OS/c1-11(16-12(2)21-24-17(16)18)19-20-15(23)10-22-9-5-7-13-6-3-4-8-14(13)22/h3-4,6,8H,5,7,9-10,18H2,1-2H3,(H,20,23)/b19-11-. The zero-order valence-electron chi connectivity index (χ0n) is 13.9. The Labute approximate surface area is 145 Å². The summed E-state index contributed by atoms with van der Waals surface area (Å²) in [6, 6.07) is 8.23. The molecule has 0 aliphatic carbocycles. The molecular weight excluding hydrogens is 322 g/mol. The third kappa shape index (κ3) is 3.41. The first-order valence-corrected chi connectivity index (χ1v) is 8.71. The molecule has 126 valence electrons. The van der Waals surface area contributed by atoms with Gasteiger partial charge in [0.1, 0.15) is 5.00 Å². The van der Waals surface area contributed by atoms with E-state index in [2.05, 4.69) is 31.9 Å². The number of carbonyl (C=O) groups excluding carboxylic acids is 1. The first-order chi connectivity index (χ1) is 11.6. The fourth-order valence-corrected chi connectivity index (χ4v) is 3.73. The van der Waals surface area contributed by atoms with Crippen molar-refractivity contribution < 1.29 is 4.79 Å². The second-order valence-corrected chi connectivity index (χ2v) is 6.70. The van der Waals surface area contributed by atoms with E-state index in [9.17, 15) is 4.79 Å². The lowest BCUT2D eigenvalue weighted by Gasteiger charge is -2.30. The number of amides is 1. The molecule has 2 aromatic rings. The number of nitrogens with one attached hydrogen (secondary N) is 1. The molecule has 3 rings (SSSR count). The van der Waals surface area contributed by atoms with Gasteiger partial charge in [0.25, 0.3) is 5.91 Å². The Balaban J connectivity index is 1.66. The monoisotopic (exact) mass is 343 g/mol. The molecule has 0 fully saturated rings. The molecule has 1 aliphatic heterocycles. The quantitative estimate of drug-likeness (QED) is 0.659. The van der Waals surface area contributed by atoms with Gasteiger partial charge in [-0.2, -0.15) is 9.47 Å². The molecule has 7 heteroatoms. The number of hydrazone groups is 1. The first-order valence-electron chi connectivity index (χ1n) is 7.94. The van der Waals surface area contributed by atoms with Crippen molar-refractivity contribution in [3.8, 4) is 0 Å². The van der Waals surface area contributed by atoms with Crippen LogP contribution in [0.5, 0.6) is 0 Å². The molecule has 3 N–H and O–H groups in total. The minimum Gasteiger partial charge on any atom is -0.389 e. The van der Waals surface area contributed by atoms with E-state index < -0.39 is 0 Å². The number of rotatable bonds is 4. The van der Waals surface area contributed by atoms with Crippen molar-refractivity contribution in [2.24, 2.45) is 5.10 Å². The maximum absolute atomic E-state index is 12.3. The number of fused-ring (bicyclic) bond motifs is 1. The second-order valence-electron chi connectivity index (χ2n) is 5.89. The molecule has 1 aromatic heterocycles. The van der Waals surface area contributed by atoms with E-state index in [1.165, 1.54) is 17.1 Å². The van der Waals surface area contributed by atoms with Gasteiger partial charge in [-0.25, -0.2) is 5.43 Å². The van der Waals surface area contributed by atoms with E-state index in [0.717, 1.165) is 36.3 Å². The number of aromatic nitrogens is 1. The zero-order chi connectivity index (χ0) is 17.1. The van der Waals surface area contributed by atoms with Crippen molar-refractivity contribution in [3.63, 3.8) is 0 Å². The summed E-state index contributed by atoms with van der Waals surface area (Å²) in [5.74, 6) is -0.134. The van der Waals surface area contributed by atoms with Gasteiger partial charge in [-0.3, -0.25) is 4.79 Å². The average Bonchev–Trinajstić information content (AvgIpc) is 2.92. The number of nitrogen functional groups attached to an aromatic ring is 1. The molecule has 2 heterocycles. The largest absolute Gasteiger partial charge is 0.389 e. The Bertz CT molecular complexity index is 764. The summed E-state index contributed by atoms with van der Waals surface area (Å²) in [5, 5.41) is 4.81. The van der Waals surface area contributed by atoms with Crippen LogP contribution in [-0.2, 0) is 11.2 Å². The van der Waals surface area contributed by atoms with E-state index in [-0.39, 0.29) is 5.91 Å². The van der Waals surface area contributed by atoms with Gasteiger partial charge in [-0.05, 0) is 49.9 Å². The van der Waals surface area contributed by atoms with Gasteiger partial charge in [0.2, 0.25) is 0 Å². The number of benzene rings is 1. The Kier molecular flexibility index (Phi) is 4.80. The van der Waals surface area contributed by atoms with Crippen molar-refractivity contribution in [2.45, 2.75) is 26.7 Å². The lowest BCUT2D eigenvalue weighted by atomic mass is 10.0. The van der Waals surface area contributed by atoms with Crippen LogP contribution in [0.1, 0.15) is 30.2 Å². The molecule has 0 saturated heterocycles. The minimum absolute atomic E-state index is 0.134. The lowest BCUT2D eigenvalue weighted by Crippen LogP contribution is -2.38. The highest BCUT2D eigenvalue weighted by Crippen LogP contribution is 2.26. The van der Waals surface area contributed by atoms with Crippen molar-refractivity contribution in [2.75, 3.05) is 23.7 Å². The molecule has 0 saturated carbocycles. The summed E-state index contributed by atoms with van der Waals surface area (Å²) in [5.41, 5.74) is 13.3. The van der Waals surface area contributed by atoms with Crippen LogP contribution in [0.4, 0.5) is 10.7 Å². The predicted octanol–water partition coefficient (Wildman–Crippen LogP) is 2.33. The molecule has 0 atom stereocenters. The third-order valence-electron chi connectivity index (χ3n) is 4.14. The Morgan fingerprint density at radius 2 is 2.25 bits per heavy atom. The molecule has 1 aliphatic rings. The number of hydrogen-bond donors (Lipinski definition) is 2. The number of nitrogens with zero attached hydrogens (tertiary/aromatic N) is 3. The number of nitrogens with two attached hydrogens (primary N) is 1. The molecule has 0 radical (unpaired) electrons. The van der Waals surface area contributed by atoms with E-state index in [4.69, 9.17) is 5.73 Å². The van der Waals surface area contributed by atoms with Crippen LogP contribution < -0.4 is 16.1 Å². The van der Waals surface area contributed by atoms with Gasteiger partial charge in [0, 0.05) is 12.2 Å². The highest BCUT2D eigenvalue weighted by Gasteiger charge is 2.18. The van der Waals surface area contributed by atoms with Gasteiger partial charge in [0.15, 0.2) is 0 Å². The Morgan fingerprint density at radius 1 is 1.46 bits per heavy atom. The van der Waals surface area contributed by atoms with Gasteiger partial charge < -0.3 is 10.6 Å². The second kappa shape index (κ2) is 7.00. The number of hydrogen-bond acceptors (Lipinski definition) is 6. The van der Waals surface area contributed by atoms with E-state index >= 15 is 0 Å². The van der Waals surface area contributed by atoms with Crippen LogP contribution in [0.15, 0.2) is 29.4 Å². The number of aryl methyl sites for hydroxylation is 2. The van der Waals surface area contributed by atoms with Crippen LogP contribution in [0.25, 0.3) is 0 Å². The summed E-state index contributed by atoms with van der Waals surface area (Å²) in [6.45, 7) is 4.88. The maximum Gasteiger partial charge on any atom is 0.259 e. The summed E-state index contributed by atoms with van der Waals surface area (Å²) < 4.78 is 4.20. The SMILES string of the molecule is C/C(=N/NC(=O)CN1CCCc2ccccc21)c1c(C)nsc1N. The predicted molar refractivity (Wildman–Crippen MR) is 98.6 cm³/mol. The fourth-order valence-electron chi connectivity index (χ4n) is 3.01. The topological polar surface area (TPSA) is 83.6 Å². The average molecular weight is 343 g/mol. The maximum atomic E-state index is 12.3. The molecule has 1 aromatic carbocycles. The Morgan fingerprint density at radius 3 is 3.00 bits per heavy atom. The summed E-state index contributed by atoms with van der Waals surface area (Å²) in [4.78, 5) is 14.4. The number of para-hydroxylation sites is 1. The first kappa shape index (κ1) is 16.4. The highest BCUT2D eigenvalue weighted by molar-refractivity contribution is 7.10. The van der Waals surface area contributed by atoms with Crippen molar-refractivity contribution in [1.29, 1.82) is 0 Å². The summed E-state index contributed by atoms with van der Waals surface area (Å²) in [7, 11) is 0. The molecule has 0 unspecified atom stereocenters. The van der Waals surface area contributed by atoms with E-state index in [0.29, 0.717) is 17.3 Å². The molecular formula is C17H21N5OS. The zero-order valence-corrected chi connectivity index (χ0v) is 14.7. The third-order valence-corrected chi connectivity index (χ3v) is 4.91. The van der Waals surface area contributed by atoms with Gasteiger partial charge >= 0.3 is 0 Å². The normalized spacial score (nSPS) is 14.4. The number of anilines is 2. The summed E-state index contributed by atoms with van der Waals surface area (Å²) in [6.07, 6.45) is 2.12. The van der Waals surface area contributed by atoms with Crippen LogP contribution in [0.3, 0.4) is 0 Å². The van der Waals surface area contributed by atoms with Gasteiger partial charge in [0.05, 0.1) is 23.5 Å². The van der Waals surface area contributed by atoms with Crippen molar-refractivity contribution in [3.05, 3.63) is 41.1 Å². The molecule has 24 heavy (non-hydrogen) atoms. The molecule has 0 bridgehead atoms. The number of carbonyl (C=O) groups is 1. The van der Waals surface area contributed by atoms with Crippen LogP contribution in [0, 0.1) is 6.92 Å². The van der Waals surface area contributed by atoms with Gasteiger partial charge in [-0.15, -0.1) is 0 Å². The smallest absolute Gasteiger partial charge is 0.259 e. The molecule has 0 spiro atoms.